The molecule has 4 nitrogen and oxygen atoms in total. The molecule has 8 heteroatoms. The van der Waals surface area contributed by atoms with Crippen LogP contribution in [0.1, 0.15) is 0 Å². The van der Waals surface area contributed by atoms with Gasteiger partial charge < -0.3 is 0 Å². The van der Waals surface area contributed by atoms with Crippen molar-refractivity contribution in [3.63, 3.8) is 0 Å². The molecule has 0 bridgehead atoms. The molecule has 0 unspecified atom stereocenters. The van der Waals surface area contributed by atoms with Crippen LogP contribution in [0.15, 0.2) is 0 Å². The fourth-order valence-electron chi connectivity index (χ4n) is 0. The van der Waals surface area contributed by atoms with Crippen molar-refractivity contribution in [3.8, 4) is 0 Å². The summed E-state index contributed by atoms with van der Waals surface area (Å²) >= 11 is -6.10. The molecular weight excluding hydrogens is 255 g/mol. The topological polar surface area (TPSA) is 86.2 Å². The Hall–Kier alpha value is 3.73. The van der Waals surface area contributed by atoms with Gasteiger partial charge in [0.15, 0.2) is 0 Å². The second-order valence-corrected chi connectivity index (χ2v) is 3.00. The Balaban J connectivity index is -0.0000000267. The molecule has 0 heterocycles. The van der Waals surface area contributed by atoms with Gasteiger partial charge in [0.05, 0.1) is 0 Å². The van der Waals surface area contributed by atoms with Crippen LogP contribution in [0.2, 0.25) is 0 Å². The third-order valence-corrected chi connectivity index (χ3v) is 0. The van der Waals surface area contributed by atoms with Gasteiger partial charge in [0, 0.05) is 0 Å². The molecule has 0 fully saturated rings. The van der Waals surface area contributed by atoms with E-state index in [0.717, 1.165) is 0 Å². The van der Waals surface area contributed by atoms with Crippen molar-refractivity contribution in [1.29, 1.82) is 0 Å². The van der Waals surface area contributed by atoms with E-state index in [-0.39, 0.29) is 99.8 Å². The first kappa shape index (κ1) is 22.6. The summed E-state index contributed by atoms with van der Waals surface area (Å²) in [4.78, 5) is 0. The molecule has 0 aliphatic heterocycles. The van der Waals surface area contributed by atoms with Crippen LogP contribution in [-0.4, -0.2) is 20.1 Å². The molecule has 0 atom stereocenters. The molecule has 0 N–H and O–H groups in total. The summed E-state index contributed by atoms with van der Waals surface area (Å²) in [6.07, 6.45) is 0. The van der Waals surface area contributed by atoms with Gasteiger partial charge in [-0.15, -0.1) is 0 Å². The van der Waals surface area contributed by atoms with Crippen molar-refractivity contribution in [3.05, 3.63) is 0 Å². The Bertz CT molecular complexity index is 62.2. The molecule has 32 valence electrons. The van der Waals surface area contributed by atoms with Gasteiger partial charge in [-0.2, -0.15) is 0 Å². The summed E-state index contributed by atoms with van der Waals surface area (Å²) in [5, 5.41) is 0. The zero-order chi connectivity index (χ0) is 4.50. The number of hydrogen-bond donors (Lipinski definition) is 0. The fourth-order valence-corrected chi connectivity index (χ4v) is 0. The van der Waals surface area contributed by atoms with E-state index in [0.29, 0.717) is 0 Å². The van der Waals surface area contributed by atoms with Crippen molar-refractivity contribution >= 4 is 20.1 Å². The Morgan fingerprint density at radius 2 is 1.12 bits per heavy atom. The Kier molecular flexibility index (Phi) is 30.3. The van der Waals surface area contributed by atoms with Gasteiger partial charge >= 0.3 is 133 Å². The van der Waals surface area contributed by atoms with Crippen LogP contribution in [0.3, 0.4) is 0 Å². The first-order chi connectivity index (χ1) is 2.00. The fraction of sp³-hybridized carbons (Fsp3) is 0. The first-order valence-corrected chi connectivity index (χ1v) is 4.90. The van der Waals surface area contributed by atoms with Gasteiger partial charge in [-0.3, -0.25) is 0 Å². The standard InChI is InChI=1S/K.Li.Na.4O.Sb/q3*+1;;3*-1;. The average molecular weight is 255 g/mol. The van der Waals surface area contributed by atoms with Gasteiger partial charge in [-0.25, -0.2) is 0 Å². The van der Waals surface area contributed by atoms with Gasteiger partial charge in [0.25, 0.3) is 0 Å². The van der Waals surface area contributed by atoms with Crippen LogP contribution >= 0.6 is 0 Å². The number of hydrogen-bond acceptors (Lipinski definition) is 4. The molecule has 0 rings (SSSR count). The molecule has 0 aliphatic carbocycles. The molecule has 0 aromatic heterocycles. The molecule has 0 aromatic carbocycles. The van der Waals surface area contributed by atoms with Gasteiger partial charge in [0.2, 0.25) is 0 Å². The molecule has 0 saturated carbocycles. The monoisotopic (exact) mass is 254 g/mol. The van der Waals surface area contributed by atoms with E-state index in [1.54, 1.807) is 0 Å². The van der Waals surface area contributed by atoms with Gasteiger partial charge in [0.1, 0.15) is 0 Å². The normalized spacial score (nSPS) is 7.38. The SMILES string of the molecule is [K+].[Li+].[Na+].[O]=[Sb]([O-])([O-])[O-]. The van der Waals surface area contributed by atoms with E-state index in [4.69, 9.17) is 13.2 Å². The van der Waals surface area contributed by atoms with Crippen molar-refractivity contribution in [2.45, 2.75) is 0 Å². The minimum absolute atomic E-state index is 0. The average Bonchev–Trinajstić information content (AvgIpc) is 0.722. The van der Waals surface area contributed by atoms with Crippen molar-refractivity contribution < 1.29 is 113 Å². The van der Waals surface area contributed by atoms with E-state index >= 15 is 0 Å². The van der Waals surface area contributed by atoms with Crippen LogP contribution in [0.25, 0.3) is 0 Å². The van der Waals surface area contributed by atoms with Crippen LogP contribution in [0, 0.1) is 0 Å². The van der Waals surface area contributed by atoms with Gasteiger partial charge in [-0.05, 0) is 0 Å². The predicted octanol–water partition coefficient (Wildman–Crippen LogP) is -13.1. The third kappa shape index (κ3) is 53.3. The summed E-state index contributed by atoms with van der Waals surface area (Å²) in [6, 6.07) is 0. The summed E-state index contributed by atoms with van der Waals surface area (Å²) in [7, 11) is 0. The van der Waals surface area contributed by atoms with E-state index < -0.39 is 20.1 Å². The van der Waals surface area contributed by atoms with Crippen molar-refractivity contribution in [1.82, 2.24) is 0 Å². The van der Waals surface area contributed by atoms with Crippen molar-refractivity contribution in [2.24, 2.45) is 0 Å². The molecule has 0 saturated heterocycles. The van der Waals surface area contributed by atoms with Gasteiger partial charge in [-0.1, -0.05) is 0 Å². The minimum atomic E-state index is -6.10. The maximum absolute atomic E-state index is 8.64. The number of rotatable bonds is 0. The maximum atomic E-state index is 8.64. The molecule has 0 spiro atoms. The van der Waals surface area contributed by atoms with E-state index in [9.17, 15) is 0 Å². The predicted molar refractivity (Wildman–Crippen MR) is 6.44 cm³/mol. The van der Waals surface area contributed by atoms with E-state index in [1.165, 1.54) is 0 Å². The second-order valence-electron chi connectivity index (χ2n) is 0.447. The molecular formula is KLiNaO4Sb. The van der Waals surface area contributed by atoms with E-state index in [2.05, 4.69) is 0 Å². The van der Waals surface area contributed by atoms with Crippen LogP contribution in [-0.2, 0) is 3.02 Å². The zero-order valence-corrected chi connectivity index (χ0v) is 12.8. The Labute approximate surface area is 129 Å². The Morgan fingerprint density at radius 1 is 1.12 bits per heavy atom. The summed E-state index contributed by atoms with van der Waals surface area (Å²) < 4.78 is 34.6. The summed E-state index contributed by atoms with van der Waals surface area (Å²) in [6.45, 7) is 0. The Morgan fingerprint density at radius 3 is 1.12 bits per heavy atom. The first-order valence-electron chi connectivity index (χ1n) is 0.730. The molecule has 0 aromatic rings. The van der Waals surface area contributed by atoms with Crippen LogP contribution in [0.5, 0.6) is 0 Å². The quantitative estimate of drug-likeness (QED) is 0.402. The molecule has 0 amide bonds. The third-order valence-electron chi connectivity index (χ3n) is 0. The van der Waals surface area contributed by atoms with Crippen LogP contribution in [0.4, 0.5) is 0 Å². The second kappa shape index (κ2) is 10.7. The zero-order valence-electron chi connectivity index (χ0n) is 5.08. The molecule has 0 aliphatic rings. The summed E-state index contributed by atoms with van der Waals surface area (Å²) in [5.74, 6) is 0. The van der Waals surface area contributed by atoms with E-state index in [1.807, 2.05) is 0 Å². The summed E-state index contributed by atoms with van der Waals surface area (Å²) in [5.41, 5.74) is 0. The van der Waals surface area contributed by atoms with Crippen LogP contribution < -0.4 is 110 Å². The molecule has 0 radical (unpaired) electrons. The van der Waals surface area contributed by atoms with Crippen molar-refractivity contribution in [2.75, 3.05) is 0 Å². The molecule has 8 heavy (non-hydrogen) atoms.